The standard InChI is InChI=1S/C18H15Cl3N2O.HNO3/c19-15-3-1-13(2-4-15)14(10-23-8-7-22-12-23)11-24-18-6-5-16(20)9-17(18)21;2-1(3)4/h1-9,12,14H,10-11H2;(H,2,3,4). The van der Waals surface area contributed by atoms with E-state index in [0.717, 1.165) is 12.1 Å². The van der Waals surface area contributed by atoms with E-state index in [9.17, 15) is 0 Å². The Balaban J connectivity index is 0.000000640. The number of nitrogens with zero attached hydrogens (tertiary/aromatic N) is 3. The maximum Gasteiger partial charge on any atom is 0.291 e. The van der Waals surface area contributed by atoms with Crippen LogP contribution in [0.1, 0.15) is 11.5 Å². The zero-order chi connectivity index (χ0) is 20.5. The molecule has 0 radical (unpaired) electrons. The van der Waals surface area contributed by atoms with Crippen molar-refractivity contribution in [2.24, 2.45) is 0 Å². The second-order valence-electron chi connectivity index (χ2n) is 5.63. The van der Waals surface area contributed by atoms with Crippen molar-refractivity contribution in [3.8, 4) is 5.75 Å². The van der Waals surface area contributed by atoms with E-state index >= 15 is 0 Å². The smallest absolute Gasteiger partial charge is 0.291 e. The van der Waals surface area contributed by atoms with Gasteiger partial charge >= 0.3 is 0 Å². The first-order chi connectivity index (χ1) is 13.3. The van der Waals surface area contributed by atoms with Crippen LogP contribution in [0.15, 0.2) is 61.2 Å². The molecule has 2 aromatic carbocycles. The summed E-state index contributed by atoms with van der Waals surface area (Å²) in [6.07, 6.45) is 5.48. The van der Waals surface area contributed by atoms with E-state index in [4.69, 9.17) is 54.9 Å². The van der Waals surface area contributed by atoms with Crippen molar-refractivity contribution < 1.29 is 15.0 Å². The van der Waals surface area contributed by atoms with E-state index in [1.54, 1.807) is 30.7 Å². The molecule has 1 atom stereocenters. The monoisotopic (exact) mass is 443 g/mol. The molecule has 1 aromatic heterocycles. The fourth-order valence-electron chi connectivity index (χ4n) is 2.42. The molecular weight excluding hydrogens is 429 g/mol. The van der Waals surface area contributed by atoms with Gasteiger partial charge in [0.15, 0.2) is 0 Å². The van der Waals surface area contributed by atoms with Crippen molar-refractivity contribution >= 4 is 34.8 Å². The summed E-state index contributed by atoms with van der Waals surface area (Å²) in [6, 6.07) is 13.0. The quantitative estimate of drug-likeness (QED) is 0.408. The summed E-state index contributed by atoms with van der Waals surface area (Å²) in [4.78, 5) is 12.5. The highest BCUT2D eigenvalue weighted by molar-refractivity contribution is 6.35. The average Bonchev–Trinajstić information content (AvgIpc) is 3.13. The van der Waals surface area contributed by atoms with Crippen molar-refractivity contribution in [1.82, 2.24) is 9.55 Å². The molecule has 1 N–H and O–H groups in total. The van der Waals surface area contributed by atoms with Crippen LogP contribution in [0.3, 0.4) is 0 Å². The van der Waals surface area contributed by atoms with E-state index in [2.05, 4.69) is 4.98 Å². The Bertz CT molecular complexity index is 886. The summed E-state index contributed by atoms with van der Waals surface area (Å²) < 4.78 is 7.95. The van der Waals surface area contributed by atoms with Crippen LogP contribution < -0.4 is 4.74 Å². The van der Waals surface area contributed by atoms with E-state index in [1.807, 2.05) is 35.0 Å². The Morgan fingerprint density at radius 1 is 1.14 bits per heavy atom. The predicted molar refractivity (Wildman–Crippen MR) is 107 cm³/mol. The molecule has 3 aromatic rings. The number of benzene rings is 2. The van der Waals surface area contributed by atoms with Gasteiger partial charge in [0, 0.05) is 34.9 Å². The number of hydrogen-bond donors (Lipinski definition) is 1. The van der Waals surface area contributed by atoms with Crippen LogP contribution >= 0.6 is 34.8 Å². The maximum atomic E-state index is 8.36. The van der Waals surface area contributed by atoms with Gasteiger partial charge in [-0.3, -0.25) is 0 Å². The minimum absolute atomic E-state index is 0.128. The van der Waals surface area contributed by atoms with Crippen LogP contribution in [0.25, 0.3) is 0 Å². The van der Waals surface area contributed by atoms with Gasteiger partial charge in [0.1, 0.15) is 5.75 Å². The fourth-order valence-corrected chi connectivity index (χ4v) is 3.01. The van der Waals surface area contributed by atoms with Gasteiger partial charge in [-0.25, -0.2) is 4.98 Å². The molecule has 0 aliphatic heterocycles. The second-order valence-corrected chi connectivity index (χ2v) is 6.91. The van der Waals surface area contributed by atoms with Crippen LogP contribution in [0, 0.1) is 10.1 Å². The van der Waals surface area contributed by atoms with Gasteiger partial charge in [-0.15, -0.1) is 10.1 Å². The first kappa shape index (κ1) is 21.8. The predicted octanol–water partition coefficient (Wildman–Crippen LogP) is 5.36. The molecule has 0 saturated carbocycles. The summed E-state index contributed by atoms with van der Waals surface area (Å²) >= 11 is 18.1. The summed E-state index contributed by atoms with van der Waals surface area (Å²) in [5.74, 6) is 0.744. The van der Waals surface area contributed by atoms with Crippen molar-refractivity contribution in [3.05, 3.63) is 91.9 Å². The van der Waals surface area contributed by atoms with Gasteiger partial charge in [-0.2, -0.15) is 0 Å². The third kappa shape index (κ3) is 7.26. The highest BCUT2D eigenvalue weighted by Crippen LogP contribution is 2.29. The van der Waals surface area contributed by atoms with Gasteiger partial charge in [0.25, 0.3) is 5.09 Å². The number of imidazole rings is 1. The van der Waals surface area contributed by atoms with E-state index < -0.39 is 5.09 Å². The van der Waals surface area contributed by atoms with Crippen LogP contribution in [0.2, 0.25) is 15.1 Å². The number of halogens is 3. The molecule has 0 bridgehead atoms. The summed E-state index contributed by atoms with van der Waals surface area (Å²) in [6.45, 7) is 1.22. The van der Waals surface area contributed by atoms with Crippen LogP contribution in [-0.2, 0) is 6.54 Å². The Morgan fingerprint density at radius 2 is 1.79 bits per heavy atom. The lowest BCUT2D eigenvalue weighted by atomic mass is 10.00. The zero-order valence-electron chi connectivity index (χ0n) is 14.4. The highest BCUT2D eigenvalue weighted by atomic mass is 35.5. The Kier molecular flexibility index (Phi) is 8.38. The first-order valence-corrected chi connectivity index (χ1v) is 9.11. The molecule has 7 nitrogen and oxygen atoms in total. The molecule has 0 aliphatic carbocycles. The topological polar surface area (TPSA) is 90.4 Å². The van der Waals surface area contributed by atoms with Gasteiger partial charge in [-0.1, -0.05) is 46.9 Å². The van der Waals surface area contributed by atoms with E-state index in [-0.39, 0.29) is 5.92 Å². The maximum absolute atomic E-state index is 8.36. The molecule has 0 fully saturated rings. The van der Waals surface area contributed by atoms with Crippen molar-refractivity contribution in [2.45, 2.75) is 12.5 Å². The fraction of sp³-hybridized carbons (Fsp3) is 0.167. The molecule has 0 saturated heterocycles. The first-order valence-electron chi connectivity index (χ1n) is 7.97. The lowest BCUT2D eigenvalue weighted by molar-refractivity contribution is -0.742. The normalized spacial score (nSPS) is 11.2. The minimum atomic E-state index is -1.50. The third-order valence-electron chi connectivity index (χ3n) is 3.67. The molecule has 148 valence electrons. The van der Waals surface area contributed by atoms with Gasteiger partial charge in [0.05, 0.1) is 18.0 Å². The van der Waals surface area contributed by atoms with Gasteiger partial charge < -0.3 is 14.5 Å². The SMILES string of the molecule is Clc1ccc(C(COc2ccc(Cl)cc2Cl)Cn2ccnc2)cc1.O=[N+]([O-])O. The lowest BCUT2D eigenvalue weighted by Crippen LogP contribution is -2.16. The number of rotatable bonds is 6. The minimum Gasteiger partial charge on any atom is -0.491 e. The van der Waals surface area contributed by atoms with Crippen LogP contribution in [0.5, 0.6) is 5.75 Å². The largest absolute Gasteiger partial charge is 0.491 e. The van der Waals surface area contributed by atoms with Gasteiger partial charge in [0.2, 0.25) is 0 Å². The molecule has 0 aliphatic rings. The molecule has 0 spiro atoms. The molecule has 3 rings (SSSR count). The van der Waals surface area contributed by atoms with Crippen molar-refractivity contribution in [3.63, 3.8) is 0 Å². The molecule has 28 heavy (non-hydrogen) atoms. The number of aromatic nitrogens is 2. The number of hydrogen-bond acceptors (Lipinski definition) is 4. The Morgan fingerprint density at radius 3 is 2.36 bits per heavy atom. The third-order valence-corrected chi connectivity index (χ3v) is 4.45. The zero-order valence-corrected chi connectivity index (χ0v) is 16.7. The lowest BCUT2D eigenvalue weighted by Gasteiger charge is -2.19. The molecule has 10 heteroatoms. The van der Waals surface area contributed by atoms with E-state index in [1.165, 1.54) is 0 Å². The Hall–Kier alpha value is -2.48. The summed E-state index contributed by atoms with van der Waals surface area (Å²) in [7, 11) is 0. The number of ether oxygens (including phenoxy) is 1. The Labute approximate surface area is 176 Å². The van der Waals surface area contributed by atoms with Crippen LogP contribution in [-0.4, -0.2) is 26.5 Å². The van der Waals surface area contributed by atoms with Crippen molar-refractivity contribution in [1.29, 1.82) is 0 Å². The van der Waals surface area contributed by atoms with Crippen LogP contribution in [0.4, 0.5) is 0 Å². The molecule has 1 unspecified atom stereocenters. The van der Waals surface area contributed by atoms with E-state index in [0.29, 0.717) is 27.4 Å². The molecule has 0 amide bonds. The second kappa shape index (κ2) is 10.8. The molecule has 1 heterocycles. The average molecular weight is 445 g/mol. The van der Waals surface area contributed by atoms with Crippen molar-refractivity contribution in [2.75, 3.05) is 6.61 Å². The van der Waals surface area contributed by atoms with Gasteiger partial charge in [-0.05, 0) is 35.9 Å². The summed E-state index contributed by atoms with van der Waals surface area (Å²) in [5.41, 5.74) is 1.14. The summed E-state index contributed by atoms with van der Waals surface area (Å²) in [5, 5.41) is 15.4. The molecular formula is C18H16Cl3N3O4. The highest BCUT2D eigenvalue weighted by Gasteiger charge is 2.15.